The van der Waals surface area contributed by atoms with Gasteiger partial charge in [0.25, 0.3) is 0 Å². The number of fused-ring (bicyclic) bond motifs is 1. The second kappa shape index (κ2) is 14.9. The fourth-order valence-corrected chi connectivity index (χ4v) is 6.27. The average Bonchev–Trinajstić information content (AvgIpc) is 3.09. The van der Waals surface area contributed by atoms with E-state index in [1.54, 1.807) is 26.4 Å². The molecule has 0 aromatic heterocycles. The minimum atomic E-state index is -5.66. The maximum Gasteiger partial charge on any atom is 0.422 e. The summed E-state index contributed by atoms with van der Waals surface area (Å²) in [7, 11) is 4.46. The first-order valence-corrected chi connectivity index (χ1v) is 16.2. The van der Waals surface area contributed by atoms with E-state index in [1.807, 2.05) is 12.1 Å². The molecular formula is C39H39F7NO4+. The lowest BCUT2D eigenvalue weighted by Crippen LogP contribution is -2.30. The van der Waals surface area contributed by atoms with Crippen LogP contribution in [-0.2, 0) is 37.6 Å². The lowest BCUT2D eigenvalue weighted by Gasteiger charge is -2.22. The van der Waals surface area contributed by atoms with Gasteiger partial charge in [0.05, 0.1) is 32.5 Å². The summed E-state index contributed by atoms with van der Waals surface area (Å²) in [4.78, 5) is 0. The van der Waals surface area contributed by atoms with Gasteiger partial charge in [0.2, 0.25) is 0 Å². The monoisotopic (exact) mass is 718 g/mol. The van der Waals surface area contributed by atoms with Gasteiger partial charge in [0, 0.05) is 18.4 Å². The lowest BCUT2D eigenvalue weighted by molar-refractivity contribution is -0.545. The summed E-state index contributed by atoms with van der Waals surface area (Å²) in [5, 5.41) is 0. The molecule has 1 aliphatic rings. The van der Waals surface area contributed by atoms with Crippen LogP contribution >= 0.6 is 0 Å². The van der Waals surface area contributed by atoms with E-state index in [1.165, 1.54) is 18.7 Å². The highest BCUT2D eigenvalue weighted by molar-refractivity contribution is 5.99. The molecule has 4 aromatic carbocycles. The number of alkyl halides is 3. The van der Waals surface area contributed by atoms with Crippen LogP contribution in [0, 0.1) is 23.3 Å². The number of hydrogen-bond donors (Lipinski definition) is 0. The Morgan fingerprint density at radius 2 is 1.33 bits per heavy atom. The number of methoxy groups -OCH3 is 3. The highest BCUT2D eigenvalue weighted by atomic mass is 19.4. The number of benzene rings is 4. The zero-order valence-electron chi connectivity index (χ0n) is 29.2. The van der Waals surface area contributed by atoms with Gasteiger partial charge in [-0.05, 0) is 52.8 Å². The van der Waals surface area contributed by atoms with Crippen molar-refractivity contribution in [3.8, 4) is 23.0 Å². The lowest BCUT2D eigenvalue weighted by atomic mass is 9.86. The molecule has 0 N–H and O–H groups in total. The molecule has 272 valence electrons. The molecule has 0 amide bonds. The molecule has 4 aromatic rings. The largest absolute Gasteiger partial charge is 0.493 e. The van der Waals surface area contributed by atoms with Gasteiger partial charge in [0.15, 0.2) is 58.5 Å². The van der Waals surface area contributed by atoms with E-state index in [0.29, 0.717) is 42.9 Å². The minimum Gasteiger partial charge on any atom is -0.493 e. The highest BCUT2D eigenvalue weighted by Gasteiger charge is 2.42. The molecule has 0 saturated heterocycles. The first kappa shape index (κ1) is 37.5. The number of rotatable bonds is 11. The van der Waals surface area contributed by atoms with Crippen LogP contribution in [0.15, 0.2) is 54.6 Å². The quantitative estimate of drug-likeness (QED) is 0.0881. The summed E-state index contributed by atoms with van der Waals surface area (Å²) in [5.41, 5.74) is 1.87. The van der Waals surface area contributed by atoms with Crippen LogP contribution in [0.5, 0.6) is 23.0 Å². The highest BCUT2D eigenvalue weighted by Crippen LogP contribution is 2.39. The molecule has 12 heteroatoms. The molecule has 1 aliphatic heterocycles. The summed E-state index contributed by atoms with van der Waals surface area (Å²) in [6, 6.07) is 17.3. The van der Waals surface area contributed by atoms with Gasteiger partial charge in [-0.2, -0.15) is 13.2 Å². The standard InChI is InChI=1S/C39H39F7NO4/c1-38(2,3)25-13-10-22(11-14-25)12-15-28-26-19-31(50-6)30(49-5)18-23(26)16-17-47(28)20-24-8-7-9-29(48-4)37(24)51-21-27-33(40)35(42)32(39(44,45)46)36(43)34(27)41/h7-11,13-14,18-19H,12,15-17,20-21H2,1-6H3/q+1. The number of ether oxygens (including phenoxy) is 4. The smallest absolute Gasteiger partial charge is 0.422 e. The number of hydrogen-bond acceptors (Lipinski definition) is 4. The number of aryl methyl sites for hydroxylation is 1. The fraction of sp³-hybridized carbons (Fsp3) is 0.359. The van der Waals surface area contributed by atoms with Gasteiger partial charge < -0.3 is 18.9 Å². The molecule has 5 rings (SSSR count). The van der Waals surface area contributed by atoms with Crippen molar-refractivity contribution in [2.75, 3.05) is 27.9 Å². The topological polar surface area (TPSA) is 39.9 Å². The van der Waals surface area contributed by atoms with Crippen molar-refractivity contribution < 1.29 is 54.3 Å². The van der Waals surface area contributed by atoms with Crippen LogP contribution in [0.1, 0.15) is 66.1 Å². The fourth-order valence-electron chi connectivity index (χ4n) is 6.27. The molecule has 0 saturated carbocycles. The Kier molecular flexibility index (Phi) is 10.9. The van der Waals surface area contributed by atoms with E-state index in [9.17, 15) is 30.7 Å². The van der Waals surface area contributed by atoms with Crippen LogP contribution in [0.25, 0.3) is 0 Å². The van der Waals surface area contributed by atoms with Crippen molar-refractivity contribution in [3.63, 3.8) is 0 Å². The first-order valence-electron chi connectivity index (χ1n) is 16.2. The Bertz CT molecular complexity index is 1920. The maximum absolute atomic E-state index is 14.8. The number of halogens is 7. The molecule has 0 aliphatic carbocycles. The Morgan fingerprint density at radius 3 is 1.90 bits per heavy atom. The third kappa shape index (κ3) is 7.79. The van der Waals surface area contributed by atoms with Gasteiger partial charge in [-0.25, -0.2) is 22.1 Å². The molecule has 5 nitrogen and oxygen atoms in total. The SMILES string of the molecule is COc1cc2c(cc1OC)C(CCc1ccc(C(C)(C)C)cc1)=[N+](Cc1cccc(OC)c1OCc1c(F)c(F)c(C(F)(F)F)c(F)c1F)CC2. The Hall–Kier alpha value is -4.74. The molecule has 0 spiro atoms. The Morgan fingerprint density at radius 1 is 0.725 bits per heavy atom. The number of nitrogens with zero attached hydrogens (tertiary/aromatic N) is 1. The van der Waals surface area contributed by atoms with Gasteiger partial charge in [-0.15, -0.1) is 0 Å². The molecule has 1 heterocycles. The molecule has 0 bridgehead atoms. The summed E-state index contributed by atoms with van der Waals surface area (Å²) < 4.78 is 122. The van der Waals surface area contributed by atoms with Crippen LogP contribution in [0.3, 0.4) is 0 Å². The Balaban J connectivity index is 1.54. The van der Waals surface area contributed by atoms with Crippen LogP contribution in [0.4, 0.5) is 30.7 Å². The van der Waals surface area contributed by atoms with Crippen LogP contribution in [-0.4, -0.2) is 38.2 Å². The van der Waals surface area contributed by atoms with E-state index in [0.717, 1.165) is 22.4 Å². The van der Waals surface area contributed by atoms with Crippen molar-refractivity contribution in [2.24, 2.45) is 0 Å². The summed E-state index contributed by atoms with van der Waals surface area (Å²) >= 11 is 0. The number of para-hydroxylation sites is 1. The third-order valence-corrected chi connectivity index (χ3v) is 9.06. The first-order chi connectivity index (χ1) is 24.1. The normalized spacial score (nSPS) is 13.3. The zero-order valence-corrected chi connectivity index (χ0v) is 29.2. The molecular weight excluding hydrogens is 679 g/mol. The van der Waals surface area contributed by atoms with Gasteiger partial charge in [0.1, 0.15) is 18.7 Å². The molecule has 0 unspecified atom stereocenters. The molecule has 51 heavy (non-hydrogen) atoms. The third-order valence-electron chi connectivity index (χ3n) is 9.06. The van der Waals surface area contributed by atoms with Gasteiger partial charge >= 0.3 is 6.18 Å². The van der Waals surface area contributed by atoms with Crippen LogP contribution in [0.2, 0.25) is 0 Å². The van der Waals surface area contributed by atoms with E-state index >= 15 is 0 Å². The van der Waals surface area contributed by atoms with E-state index in [4.69, 9.17) is 18.9 Å². The van der Waals surface area contributed by atoms with Gasteiger partial charge in [-0.1, -0.05) is 51.1 Å². The second-order valence-corrected chi connectivity index (χ2v) is 13.3. The van der Waals surface area contributed by atoms with Crippen molar-refractivity contribution >= 4 is 5.71 Å². The minimum absolute atomic E-state index is 0.00486. The van der Waals surface area contributed by atoms with E-state index < -0.39 is 47.2 Å². The predicted molar refractivity (Wildman–Crippen MR) is 178 cm³/mol. The van der Waals surface area contributed by atoms with E-state index in [-0.39, 0.29) is 23.5 Å². The molecule has 0 fully saturated rings. The van der Waals surface area contributed by atoms with Crippen molar-refractivity contribution in [1.29, 1.82) is 0 Å². The predicted octanol–water partition coefficient (Wildman–Crippen LogP) is 9.35. The van der Waals surface area contributed by atoms with Crippen molar-refractivity contribution in [1.82, 2.24) is 0 Å². The van der Waals surface area contributed by atoms with Gasteiger partial charge in [-0.3, -0.25) is 0 Å². The van der Waals surface area contributed by atoms with E-state index in [2.05, 4.69) is 49.6 Å². The Labute approximate surface area is 292 Å². The molecule has 0 radical (unpaired) electrons. The second-order valence-electron chi connectivity index (χ2n) is 13.3. The molecule has 0 atom stereocenters. The maximum atomic E-state index is 14.8. The van der Waals surface area contributed by atoms with Crippen molar-refractivity contribution in [2.45, 2.75) is 64.8 Å². The summed E-state index contributed by atoms with van der Waals surface area (Å²) in [5.74, 6) is -8.18. The van der Waals surface area contributed by atoms with Crippen molar-refractivity contribution in [3.05, 3.63) is 117 Å². The van der Waals surface area contributed by atoms with Crippen LogP contribution < -0.4 is 18.9 Å². The average molecular weight is 719 g/mol. The summed E-state index contributed by atoms with van der Waals surface area (Å²) in [6.07, 6.45) is -3.69. The zero-order chi connectivity index (χ0) is 37.2. The summed E-state index contributed by atoms with van der Waals surface area (Å²) in [6.45, 7) is 6.13.